The molecule has 3 aromatic rings. The number of aliphatic hydroxyl groups excluding tert-OH is 2. The Labute approximate surface area is 175 Å². The number of nitrogens with zero attached hydrogens (tertiary/aromatic N) is 6. The van der Waals surface area contributed by atoms with E-state index in [-0.39, 0.29) is 5.28 Å². The van der Waals surface area contributed by atoms with Gasteiger partial charge in [-0.1, -0.05) is 0 Å². The number of halogens is 1. The summed E-state index contributed by atoms with van der Waals surface area (Å²) in [4.78, 5) is 29.6. The van der Waals surface area contributed by atoms with Gasteiger partial charge < -0.3 is 30.2 Å². The number of fused-ring (bicyclic) bond motifs is 1. The van der Waals surface area contributed by atoms with E-state index in [1.165, 1.54) is 10.9 Å². The third-order valence-electron chi connectivity index (χ3n) is 4.94. The second-order valence-corrected chi connectivity index (χ2v) is 7.10. The Morgan fingerprint density at radius 1 is 1.30 bits per heavy atom. The molecular weight excluding hydrogens is 416 g/mol. The van der Waals surface area contributed by atoms with Gasteiger partial charge in [-0.25, -0.2) is 19.9 Å². The first-order valence-corrected chi connectivity index (χ1v) is 9.64. The molecule has 160 valence electrons. The molecule has 3 unspecified atom stereocenters. The van der Waals surface area contributed by atoms with Gasteiger partial charge in [0.2, 0.25) is 5.28 Å². The molecule has 0 bridgehead atoms. The Morgan fingerprint density at radius 3 is 2.70 bits per heavy atom. The van der Waals surface area contributed by atoms with Crippen LogP contribution in [0.15, 0.2) is 12.5 Å². The molecule has 4 atom stereocenters. The summed E-state index contributed by atoms with van der Waals surface area (Å²) in [6.07, 6.45) is -2.10. The highest BCUT2D eigenvalue weighted by atomic mass is 35.5. The van der Waals surface area contributed by atoms with E-state index in [0.717, 1.165) is 0 Å². The molecule has 4 heterocycles. The van der Waals surface area contributed by atoms with Crippen LogP contribution in [-0.4, -0.2) is 77.1 Å². The number of likely N-dealkylation sites (N-methyl/N-ethyl adjacent to an activating group) is 1. The molecule has 1 amide bonds. The standard InChI is InChI=1S/C17H21ClN8O4/c1-4-20-15(29)11-9(27)10(28)16(30-11)26-6-22-8-13(19-2)23-12(24-14(8)26)7-5-21-17(18)25(7)3/h5-6,9-11,16,27-28H,4H2,1-3H3,(H,20,29)(H,19,23,24)/t9?,10?,11-,16?/m1/s1. The molecule has 0 aromatic carbocycles. The van der Waals surface area contributed by atoms with E-state index in [1.54, 1.807) is 31.8 Å². The van der Waals surface area contributed by atoms with Crippen molar-refractivity contribution in [3.63, 3.8) is 0 Å². The van der Waals surface area contributed by atoms with Crippen LogP contribution in [0, 0.1) is 0 Å². The van der Waals surface area contributed by atoms with Gasteiger partial charge in [0.15, 0.2) is 35.1 Å². The van der Waals surface area contributed by atoms with Gasteiger partial charge in [-0.3, -0.25) is 9.36 Å². The summed E-state index contributed by atoms with van der Waals surface area (Å²) in [5.41, 5.74) is 1.34. The summed E-state index contributed by atoms with van der Waals surface area (Å²) in [5.74, 6) is 0.259. The first-order chi connectivity index (χ1) is 14.4. The second kappa shape index (κ2) is 7.80. The zero-order valence-electron chi connectivity index (χ0n) is 16.4. The fraction of sp³-hybridized carbons (Fsp3) is 0.471. The number of rotatable bonds is 5. The number of anilines is 1. The quantitative estimate of drug-likeness (QED) is 0.421. The minimum absolute atomic E-state index is 0.274. The first-order valence-electron chi connectivity index (χ1n) is 9.26. The largest absolute Gasteiger partial charge is 0.387 e. The number of imidazole rings is 2. The van der Waals surface area contributed by atoms with E-state index in [4.69, 9.17) is 16.3 Å². The van der Waals surface area contributed by atoms with Gasteiger partial charge in [-0.05, 0) is 18.5 Å². The summed E-state index contributed by atoms with van der Waals surface area (Å²) >= 11 is 6.04. The van der Waals surface area contributed by atoms with E-state index < -0.39 is 30.4 Å². The Hall–Kier alpha value is -2.80. The smallest absolute Gasteiger partial charge is 0.252 e. The van der Waals surface area contributed by atoms with Crippen LogP contribution in [0.2, 0.25) is 5.28 Å². The van der Waals surface area contributed by atoms with E-state index in [9.17, 15) is 15.0 Å². The third kappa shape index (κ3) is 3.17. The highest BCUT2D eigenvalue weighted by Crippen LogP contribution is 2.33. The Bertz CT molecular complexity index is 1100. The molecule has 3 aromatic heterocycles. The zero-order valence-corrected chi connectivity index (χ0v) is 17.2. The lowest BCUT2D eigenvalue weighted by Gasteiger charge is -2.17. The molecule has 4 rings (SSSR count). The predicted octanol–water partition coefficient (Wildman–Crippen LogP) is -0.323. The maximum absolute atomic E-state index is 12.2. The number of nitrogens with one attached hydrogen (secondary N) is 2. The number of amides is 1. The molecule has 1 saturated heterocycles. The average Bonchev–Trinajstić information content (AvgIpc) is 3.39. The van der Waals surface area contributed by atoms with Gasteiger partial charge in [-0.2, -0.15) is 0 Å². The summed E-state index contributed by atoms with van der Waals surface area (Å²) in [6, 6.07) is 0. The van der Waals surface area contributed by atoms with E-state index in [0.29, 0.717) is 35.0 Å². The highest BCUT2D eigenvalue weighted by molar-refractivity contribution is 6.28. The zero-order chi connectivity index (χ0) is 21.6. The highest BCUT2D eigenvalue weighted by Gasteiger charge is 2.47. The van der Waals surface area contributed by atoms with Crippen LogP contribution in [0.1, 0.15) is 13.2 Å². The number of aromatic nitrogens is 6. The minimum Gasteiger partial charge on any atom is -0.387 e. The number of aliphatic hydroxyl groups is 2. The maximum Gasteiger partial charge on any atom is 0.252 e. The molecular formula is C17H21ClN8O4. The number of hydrogen-bond donors (Lipinski definition) is 4. The fourth-order valence-corrected chi connectivity index (χ4v) is 3.51. The van der Waals surface area contributed by atoms with Crippen molar-refractivity contribution in [3.05, 3.63) is 17.8 Å². The lowest BCUT2D eigenvalue weighted by atomic mass is 10.1. The van der Waals surface area contributed by atoms with Crippen molar-refractivity contribution in [2.45, 2.75) is 31.5 Å². The Balaban J connectivity index is 1.79. The van der Waals surface area contributed by atoms with Crippen LogP contribution in [0.3, 0.4) is 0 Å². The summed E-state index contributed by atoms with van der Waals surface area (Å²) in [5, 5.41) is 26.7. The van der Waals surface area contributed by atoms with Crippen LogP contribution in [0.25, 0.3) is 22.7 Å². The van der Waals surface area contributed by atoms with Gasteiger partial charge in [0.1, 0.15) is 17.9 Å². The second-order valence-electron chi connectivity index (χ2n) is 6.76. The number of hydrogen-bond acceptors (Lipinski definition) is 9. The Kier molecular flexibility index (Phi) is 5.32. The molecule has 1 aliphatic heterocycles. The van der Waals surface area contributed by atoms with Gasteiger partial charge in [0, 0.05) is 20.6 Å². The molecule has 1 fully saturated rings. The summed E-state index contributed by atoms with van der Waals surface area (Å²) < 4.78 is 8.78. The van der Waals surface area contributed by atoms with Crippen LogP contribution >= 0.6 is 11.6 Å². The molecule has 0 aliphatic carbocycles. The molecule has 0 saturated carbocycles. The SMILES string of the molecule is CCNC(=O)[C@@H]1OC(n2cnc3c(NC)nc(-c4cnc(Cl)n4C)nc32)C(O)C1O. The molecule has 12 nitrogen and oxygen atoms in total. The summed E-state index contributed by atoms with van der Waals surface area (Å²) in [7, 11) is 3.42. The average molecular weight is 437 g/mol. The number of carbonyl (C=O) groups excluding carboxylic acids is 1. The maximum atomic E-state index is 12.2. The van der Waals surface area contributed by atoms with Crippen molar-refractivity contribution in [2.75, 3.05) is 18.9 Å². The monoisotopic (exact) mass is 436 g/mol. The molecule has 13 heteroatoms. The van der Waals surface area contributed by atoms with Crippen LogP contribution in [-0.2, 0) is 16.6 Å². The van der Waals surface area contributed by atoms with E-state index in [2.05, 4.69) is 30.6 Å². The van der Waals surface area contributed by atoms with Crippen molar-refractivity contribution < 1.29 is 19.7 Å². The normalized spacial score (nSPS) is 23.8. The molecule has 0 radical (unpaired) electrons. The van der Waals surface area contributed by atoms with Crippen molar-refractivity contribution in [1.82, 2.24) is 34.4 Å². The van der Waals surface area contributed by atoms with Crippen molar-refractivity contribution in [2.24, 2.45) is 7.05 Å². The van der Waals surface area contributed by atoms with E-state index in [1.807, 2.05) is 0 Å². The predicted molar refractivity (Wildman–Crippen MR) is 107 cm³/mol. The lowest BCUT2D eigenvalue weighted by molar-refractivity contribution is -0.137. The van der Waals surface area contributed by atoms with Gasteiger partial charge in [0.05, 0.1) is 12.5 Å². The van der Waals surface area contributed by atoms with Gasteiger partial charge in [0.25, 0.3) is 5.91 Å². The van der Waals surface area contributed by atoms with Gasteiger partial charge in [-0.15, -0.1) is 0 Å². The molecule has 1 aliphatic rings. The first kappa shape index (κ1) is 20.5. The lowest BCUT2D eigenvalue weighted by Crippen LogP contribution is -2.42. The number of carbonyl (C=O) groups is 1. The van der Waals surface area contributed by atoms with Crippen LogP contribution in [0.5, 0.6) is 0 Å². The molecule has 4 N–H and O–H groups in total. The third-order valence-corrected chi connectivity index (χ3v) is 5.29. The molecule has 30 heavy (non-hydrogen) atoms. The summed E-state index contributed by atoms with van der Waals surface area (Å²) in [6.45, 7) is 2.12. The molecule has 0 spiro atoms. The van der Waals surface area contributed by atoms with Crippen molar-refractivity contribution in [1.29, 1.82) is 0 Å². The van der Waals surface area contributed by atoms with Crippen LogP contribution in [0.4, 0.5) is 5.82 Å². The minimum atomic E-state index is -1.40. The fourth-order valence-electron chi connectivity index (χ4n) is 3.37. The van der Waals surface area contributed by atoms with Gasteiger partial charge >= 0.3 is 0 Å². The topological polar surface area (TPSA) is 152 Å². The number of ether oxygens (including phenoxy) is 1. The van der Waals surface area contributed by atoms with E-state index >= 15 is 0 Å². The van der Waals surface area contributed by atoms with Crippen LogP contribution < -0.4 is 10.6 Å². The van der Waals surface area contributed by atoms with Crippen molar-refractivity contribution >= 4 is 34.5 Å². The Morgan fingerprint density at radius 2 is 2.07 bits per heavy atom. The van der Waals surface area contributed by atoms with Crippen molar-refractivity contribution in [3.8, 4) is 11.5 Å².